The molecule has 0 fully saturated rings. The summed E-state index contributed by atoms with van der Waals surface area (Å²) in [7, 11) is 0. The van der Waals surface area contributed by atoms with Gasteiger partial charge in [0.25, 0.3) is 0 Å². The highest BCUT2D eigenvalue weighted by Gasteiger charge is 1.93. The number of carbonyl (C=O) groups is 2. The van der Waals surface area contributed by atoms with Crippen LogP contribution < -0.4 is 20.4 Å². The summed E-state index contributed by atoms with van der Waals surface area (Å²) >= 11 is 0. The zero-order chi connectivity index (χ0) is 19.1. The van der Waals surface area contributed by atoms with Crippen LogP contribution in [0.25, 0.3) is 0 Å². The van der Waals surface area contributed by atoms with Crippen LogP contribution in [-0.2, 0) is 4.89 Å². The van der Waals surface area contributed by atoms with Gasteiger partial charge in [-0.3, -0.25) is 5.26 Å². The molecular weight excluding hydrogens is 320 g/mol. The van der Waals surface area contributed by atoms with E-state index >= 15 is 0 Å². The minimum atomic E-state index is -2.33. The number of carboxylic acid groups (broad SMARTS) is 4. The topological polar surface area (TPSA) is 156 Å². The Labute approximate surface area is 144 Å². The highest BCUT2D eigenvalue weighted by molar-refractivity contribution is 5.47. The molecule has 0 bridgehead atoms. The molecule has 0 aliphatic carbocycles. The Morgan fingerprint density at radius 3 is 1.17 bits per heavy atom. The molecule has 0 saturated carbocycles. The Bertz CT molecular complexity index is 224. The van der Waals surface area contributed by atoms with Crippen LogP contribution in [0.3, 0.4) is 0 Å². The van der Waals surface area contributed by atoms with Crippen molar-refractivity contribution in [2.24, 2.45) is 0 Å². The first-order chi connectivity index (χ1) is 11.4. The predicted molar refractivity (Wildman–Crippen MR) is 80.5 cm³/mol. The summed E-state index contributed by atoms with van der Waals surface area (Å²) in [6.45, 7) is 2.76. The molecule has 0 heterocycles. The van der Waals surface area contributed by atoms with Crippen molar-refractivity contribution in [2.75, 3.05) is 6.61 Å². The second kappa shape index (κ2) is 26.4. The van der Waals surface area contributed by atoms with Crippen molar-refractivity contribution in [1.29, 1.82) is 0 Å². The number of rotatable bonds is 13. The van der Waals surface area contributed by atoms with Gasteiger partial charge in [0.15, 0.2) is 0 Å². The van der Waals surface area contributed by atoms with Gasteiger partial charge in [-0.25, -0.2) is 4.89 Å². The predicted octanol–water partition coefficient (Wildman–Crippen LogP) is 0.283. The fourth-order valence-electron chi connectivity index (χ4n) is 2.01. The molecule has 0 saturated heterocycles. The third-order valence-electron chi connectivity index (χ3n) is 3.09. The average molecular weight is 350 g/mol. The number of unbranched alkanes of at least 4 members (excludes halogenated alkanes) is 11. The van der Waals surface area contributed by atoms with Crippen molar-refractivity contribution in [3.63, 3.8) is 0 Å². The summed E-state index contributed by atoms with van der Waals surface area (Å²) in [6, 6.07) is 0. The fraction of sp³-hybridized carbons (Fsp3) is 0.875. The van der Waals surface area contributed by atoms with Crippen LogP contribution in [0.2, 0.25) is 0 Å². The first kappa shape index (κ1) is 27.3. The van der Waals surface area contributed by atoms with Crippen molar-refractivity contribution >= 4 is 12.3 Å². The quantitative estimate of drug-likeness (QED) is 0.282. The normalized spacial score (nSPS) is 9.25. The standard InChI is InChI=1S/C14H30O2.2CH2O3/c1-2-3-4-5-6-7-8-9-10-11-12-13-14-16-15;2*2-1(3)4/h15H,2-14H2,1H3;2*(H2,2,3,4)/p-4. The van der Waals surface area contributed by atoms with E-state index in [4.69, 9.17) is 35.3 Å². The van der Waals surface area contributed by atoms with E-state index in [1.165, 1.54) is 70.6 Å². The van der Waals surface area contributed by atoms with Crippen LogP contribution in [-0.4, -0.2) is 24.2 Å². The summed E-state index contributed by atoms with van der Waals surface area (Å²) in [5.41, 5.74) is 0. The van der Waals surface area contributed by atoms with E-state index in [2.05, 4.69) is 11.8 Å². The van der Waals surface area contributed by atoms with Gasteiger partial charge in [-0.1, -0.05) is 77.6 Å². The highest BCUT2D eigenvalue weighted by Crippen LogP contribution is 2.11. The first-order valence-corrected chi connectivity index (χ1v) is 8.40. The van der Waals surface area contributed by atoms with Crippen LogP contribution in [0.1, 0.15) is 84.0 Å². The molecule has 146 valence electrons. The Morgan fingerprint density at radius 2 is 0.917 bits per heavy atom. The molecule has 0 rings (SSSR count). The maximum absolute atomic E-state index is 8.33. The summed E-state index contributed by atoms with van der Waals surface area (Å²) < 4.78 is 0. The van der Waals surface area contributed by atoms with E-state index in [0.29, 0.717) is 6.61 Å². The molecule has 1 N–H and O–H groups in total. The maximum atomic E-state index is 8.33. The van der Waals surface area contributed by atoms with E-state index in [-0.39, 0.29) is 0 Å². The molecule has 0 aromatic carbocycles. The smallest absolute Gasteiger partial charge is 0.0819 e. The Hall–Kier alpha value is -1.54. The second-order valence-corrected chi connectivity index (χ2v) is 5.22. The molecule has 24 heavy (non-hydrogen) atoms. The molecule has 0 spiro atoms. The van der Waals surface area contributed by atoms with E-state index in [0.717, 1.165) is 6.42 Å². The van der Waals surface area contributed by atoms with Gasteiger partial charge >= 0.3 is 0 Å². The van der Waals surface area contributed by atoms with Crippen molar-refractivity contribution < 1.29 is 40.2 Å². The number of carbonyl (C=O) groups excluding carboxylic acids is 2. The lowest BCUT2D eigenvalue weighted by molar-refractivity contribution is -0.417. The van der Waals surface area contributed by atoms with Gasteiger partial charge in [0.1, 0.15) is 0 Å². The third-order valence-corrected chi connectivity index (χ3v) is 3.09. The zero-order valence-corrected chi connectivity index (χ0v) is 14.5. The number of hydrogen-bond donors (Lipinski definition) is 1. The van der Waals surface area contributed by atoms with Crippen LogP contribution >= 0.6 is 0 Å². The van der Waals surface area contributed by atoms with Gasteiger partial charge in [0.2, 0.25) is 0 Å². The van der Waals surface area contributed by atoms with Gasteiger partial charge in [0.05, 0.1) is 6.61 Å². The van der Waals surface area contributed by atoms with Gasteiger partial charge in [-0.15, -0.1) is 0 Å². The minimum Gasteiger partial charge on any atom is -0.652 e. The summed E-state index contributed by atoms with van der Waals surface area (Å²) in [5.74, 6) is 0. The van der Waals surface area contributed by atoms with Gasteiger partial charge < -0.3 is 30.0 Å². The molecular formula is C16H30O8-4. The Morgan fingerprint density at radius 1 is 0.667 bits per heavy atom. The van der Waals surface area contributed by atoms with Crippen molar-refractivity contribution in [2.45, 2.75) is 84.0 Å². The van der Waals surface area contributed by atoms with E-state index < -0.39 is 12.3 Å². The van der Waals surface area contributed by atoms with Crippen molar-refractivity contribution in [3.05, 3.63) is 0 Å². The molecule has 0 unspecified atom stereocenters. The Balaban J connectivity index is -0.000000457. The van der Waals surface area contributed by atoms with Gasteiger partial charge in [-0.2, -0.15) is 0 Å². The van der Waals surface area contributed by atoms with Gasteiger partial charge in [0, 0.05) is 0 Å². The molecule has 0 atom stereocenters. The zero-order valence-electron chi connectivity index (χ0n) is 14.5. The van der Waals surface area contributed by atoms with Gasteiger partial charge in [-0.05, 0) is 18.7 Å². The van der Waals surface area contributed by atoms with Crippen molar-refractivity contribution in [1.82, 2.24) is 0 Å². The Kier molecular flexibility index (Phi) is 30.0. The molecule has 0 aromatic heterocycles. The monoisotopic (exact) mass is 350 g/mol. The summed E-state index contributed by atoms with van der Waals surface area (Å²) in [4.78, 5) is 20.7. The molecule has 0 aromatic rings. The highest BCUT2D eigenvalue weighted by atomic mass is 17.1. The van der Waals surface area contributed by atoms with E-state index in [9.17, 15) is 0 Å². The van der Waals surface area contributed by atoms with E-state index in [1.54, 1.807) is 0 Å². The number of hydrogen-bond acceptors (Lipinski definition) is 8. The SMILES string of the molecule is CCCCCCCCCCCCCCOO.O=C([O-])[O-].O=C([O-])[O-]. The van der Waals surface area contributed by atoms with Crippen LogP contribution in [0.5, 0.6) is 0 Å². The third kappa shape index (κ3) is 59.0. The lowest BCUT2D eigenvalue weighted by Crippen LogP contribution is -2.37. The van der Waals surface area contributed by atoms with Crippen LogP contribution in [0.15, 0.2) is 0 Å². The minimum absolute atomic E-state index is 0.497. The van der Waals surface area contributed by atoms with E-state index in [1.807, 2.05) is 0 Å². The van der Waals surface area contributed by atoms with Crippen LogP contribution in [0.4, 0.5) is 9.59 Å². The lowest BCUT2D eigenvalue weighted by atomic mass is 10.1. The lowest BCUT2D eigenvalue weighted by Gasteiger charge is -2.02. The fourth-order valence-corrected chi connectivity index (χ4v) is 2.01. The molecule has 0 radical (unpaired) electrons. The molecule has 0 amide bonds. The first-order valence-electron chi connectivity index (χ1n) is 8.40. The second-order valence-electron chi connectivity index (χ2n) is 5.22. The maximum Gasteiger partial charge on any atom is 0.0819 e. The average Bonchev–Trinajstić information content (AvgIpc) is 2.47. The molecule has 0 aliphatic rings. The molecule has 0 aliphatic heterocycles. The van der Waals surface area contributed by atoms with Crippen LogP contribution in [0, 0.1) is 0 Å². The largest absolute Gasteiger partial charge is 0.652 e. The molecule has 8 nitrogen and oxygen atoms in total. The summed E-state index contributed by atoms with van der Waals surface area (Å²) in [6.07, 6.45) is 11.4. The molecule has 8 heteroatoms. The van der Waals surface area contributed by atoms with Crippen molar-refractivity contribution in [3.8, 4) is 0 Å². The summed E-state index contributed by atoms with van der Waals surface area (Å²) in [5, 5.41) is 41.5.